The third kappa shape index (κ3) is 3.88. The molecule has 1 aliphatic rings. The number of benzene rings is 2. The number of phenols is 1. The number of phenolic OH excluding ortho intramolecular Hbond substituents is 1. The number of ether oxygens (including phenoxy) is 1. The number of fused-ring (bicyclic) bond motifs is 1. The molecule has 1 N–H and O–H groups in total. The molecule has 0 aromatic heterocycles. The van der Waals surface area contributed by atoms with E-state index in [4.69, 9.17) is 15.3 Å². The molecule has 1 heterocycles. The second-order valence-corrected chi connectivity index (χ2v) is 6.44. The molecule has 0 fully saturated rings. The van der Waals surface area contributed by atoms with Gasteiger partial charge in [0.15, 0.2) is 5.76 Å². The first kappa shape index (κ1) is 19.2. The van der Waals surface area contributed by atoms with Gasteiger partial charge in [0.2, 0.25) is 5.78 Å². The first-order chi connectivity index (χ1) is 13.6. The van der Waals surface area contributed by atoms with Crippen LogP contribution in [0.3, 0.4) is 0 Å². The van der Waals surface area contributed by atoms with Gasteiger partial charge in [-0.15, -0.1) is 0 Å². The largest absolute Gasteiger partial charge is 0.507 e. The van der Waals surface area contributed by atoms with Crippen molar-refractivity contribution >= 4 is 11.9 Å². The minimum Gasteiger partial charge on any atom is -0.507 e. The van der Waals surface area contributed by atoms with Crippen LogP contribution in [0, 0.1) is 22.7 Å². The summed E-state index contributed by atoms with van der Waals surface area (Å²) in [6.07, 6.45) is 2.60. The maximum Gasteiger partial charge on any atom is 0.231 e. The zero-order valence-electron chi connectivity index (χ0n) is 15.5. The van der Waals surface area contributed by atoms with Crippen molar-refractivity contribution in [3.63, 3.8) is 0 Å². The molecule has 0 bridgehead atoms. The van der Waals surface area contributed by atoms with Gasteiger partial charge in [0.25, 0.3) is 0 Å². The first-order valence-electron chi connectivity index (χ1n) is 8.91. The summed E-state index contributed by atoms with van der Waals surface area (Å²) < 4.78 is 5.81. The number of ketones is 1. The van der Waals surface area contributed by atoms with E-state index in [-0.39, 0.29) is 42.7 Å². The van der Waals surface area contributed by atoms with E-state index in [1.165, 1.54) is 17.7 Å². The predicted molar refractivity (Wildman–Crippen MR) is 103 cm³/mol. The van der Waals surface area contributed by atoms with Crippen LogP contribution in [-0.2, 0) is 13.0 Å². The quantitative estimate of drug-likeness (QED) is 0.615. The monoisotopic (exact) mass is 373 g/mol. The summed E-state index contributed by atoms with van der Waals surface area (Å²) in [5, 5.41) is 28.1. The number of aryl methyl sites for hydroxylation is 1. The summed E-state index contributed by atoms with van der Waals surface area (Å²) in [6, 6.07) is 14.8. The summed E-state index contributed by atoms with van der Waals surface area (Å²) >= 11 is 0. The number of aromatic hydroxyl groups is 1. The van der Waals surface area contributed by atoms with Gasteiger partial charge in [-0.25, -0.2) is 0 Å². The van der Waals surface area contributed by atoms with Crippen LogP contribution < -0.4 is 4.74 Å². The van der Waals surface area contributed by atoms with Gasteiger partial charge in [0.05, 0.1) is 36.4 Å². The van der Waals surface area contributed by atoms with E-state index in [9.17, 15) is 9.90 Å². The molecule has 0 radical (unpaired) electrons. The lowest BCUT2D eigenvalue weighted by atomic mass is 10.0. The van der Waals surface area contributed by atoms with E-state index in [2.05, 4.69) is 6.92 Å². The lowest BCUT2D eigenvalue weighted by Crippen LogP contribution is -2.24. The average Bonchev–Trinajstić information content (AvgIpc) is 3.01. The molecular formula is C22H19N3O3. The fraction of sp³-hybridized carbons (Fsp3) is 0.227. The Morgan fingerprint density at radius 3 is 2.39 bits per heavy atom. The topological polar surface area (TPSA) is 97.3 Å². The Kier molecular flexibility index (Phi) is 5.74. The molecule has 0 spiro atoms. The molecule has 0 saturated carbocycles. The van der Waals surface area contributed by atoms with Crippen LogP contribution >= 0.6 is 0 Å². The highest BCUT2D eigenvalue weighted by Crippen LogP contribution is 2.40. The van der Waals surface area contributed by atoms with E-state index in [0.717, 1.165) is 12.0 Å². The summed E-state index contributed by atoms with van der Waals surface area (Å²) in [6.45, 7) is 2.25. The van der Waals surface area contributed by atoms with Crippen LogP contribution in [-0.4, -0.2) is 28.9 Å². The van der Waals surface area contributed by atoms with Crippen LogP contribution in [0.25, 0.3) is 6.08 Å². The van der Waals surface area contributed by atoms with Gasteiger partial charge in [0, 0.05) is 6.54 Å². The van der Waals surface area contributed by atoms with Crippen LogP contribution in [0.2, 0.25) is 0 Å². The molecule has 0 unspecified atom stereocenters. The Morgan fingerprint density at radius 2 is 1.79 bits per heavy atom. The third-order valence-electron chi connectivity index (χ3n) is 4.57. The van der Waals surface area contributed by atoms with Gasteiger partial charge in [-0.05, 0) is 35.8 Å². The number of carbonyl (C=O) groups excluding carboxylic acids is 1. The molecule has 3 rings (SSSR count). The first-order valence-corrected chi connectivity index (χ1v) is 8.91. The van der Waals surface area contributed by atoms with Crippen molar-refractivity contribution in [2.45, 2.75) is 19.9 Å². The lowest BCUT2D eigenvalue weighted by Gasteiger charge is -2.17. The molecule has 0 atom stereocenters. The number of allylic oxidation sites excluding steroid dienone is 1. The molecule has 0 saturated heterocycles. The number of rotatable bonds is 6. The van der Waals surface area contributed by atoms with Crippen molar-refractivity contribution in [3.05, 3.63) is 64.4 Å². The molecule has 0 aliphatic carbocycles. The van der Waals surface area contributed by atoms with Crippen molar-refractivity contribution in [2.24, 2.45) is 0 Å². The maximum atomic E-state index is 12.7. The minimum absolute atomic E-state index is 0.0249. The smallest absolute Gasteiger partial charge is 0.231 e. The van der Waals surface area contributed by atoms with Crippen molar-refractivity contribution in [1.29, 1.82) is 10.5 Å². The summed E-state index contributed by atoms with van der Waals surface area (Å²) in [7, 11) is 0. The van der Waals surface area contributed by atoms with Gasteiger partial charge < -0.3 is 9.84 Å². The van der Waals surface area contributed by atoms with Gasteiger partial charge in [-0.1, -0.05) is 31.2 Å². The Morgan fingerprint density at radius 1 is 1.11 bits per heavy atom. The Labute approximate surface area is 163 Å². The molecular weight excluding hydrogens is 354 g/mol. The number of nitrogens with zero attached hydrogens (tertiary/aromatic N) is 3. The molecule has 140 valence electrons. The highest BCUT2D eigenvalue weighted by Gasteiger charge is 2.31. The summed E-state index contributed by atoms with van der Waals surface area (Å²) in [4.78, 5) is 14.3. The van der Waals surface area contributed by atoms with Crippen LogP contribution in [0.5, 0.6) is 11.5 Å². The number of Topliss-reactive ketones (excluding diaryl/α,β-unsaturated/α-hetero) is 1. The fourth-order valence-corrected chi connectivity index (χ4v) is 3.04. The zero-order chi connectivity index (χ0) is 20.1. The Bertz CT molecular complexity index is 995. The van der Waals surface area contributed by atoms with Crippen LogP contribution in [0.4, 0.5) is 0 Å². The Hall–Kier alpha value is -3.61. The van der Waals surface area contributed by atoms with E-state index in [1.54, 1.807) is 11.0 Å². The van der Waals surface area contributed by atoms with Crippen LogP contribution in [0.15, 0.2) is 42.2 Å². The predicted octanol–water partition coefficient (Wildman–Crippen LogP) is 3.42. The molecule has 6 nitrogen and oxygen atoms in total. The number of nitriles is 2. The van der Waals surface area contributed by atoms with Gasteiger partial charge in [0.1, 0.15) is 11.5 Å². The molecule has 1 aliphatic heterocycles. The molecule has 28 heavy (non-hydrogen) atoms. The zero-order valence-corrected chi connectivity index (χ0v) is 15.5. The van der Waals surface area contributed by atoms with Crippen molar-refractivity contribution in [3.8, 4) is 23.6 Å². The molecule has 0 amide bonds. The van der Waals surface area contributed by atoms with Crippen molar-refractivity contribution < 1.29 is 14.6 Å². The highest BCUT2D eigenvalue weighted by atomic mass is 16.5. The van der Waals surface area contributed by atoms with E-state index in [0.29, 0.717) is 11.1 Å². The van der Waals surface area contributed by atoms with Crippen molar-refractivity contribution in [1.82, 2.24) is 4.90 Å². The number of carbonyl (C=O) groups is 1. The minimum atomic E-state index is -0.261. The average molecular weight is 373 g/mol. The summed E-state index contributed by atoms with van der Waals surface area (Å²) in [5.41, 5.74) is 2.79. The highest BCUT2D eigenvalue weighted by molar-refractivity contribution is 6.15. The maximum absolute atomic E-state index is 12.7. The second-order valence-electron chi connectivity index (χ2n) is 6.44. The molecule has 6 heteroatoms. The summed E-state index contributed by atoms with van der Waals surface area (Å²) in [5.74, 6) is 0.157. The number of hydrogen-bond donors (Lipinski definition) is 1. The Balaban J connectivity index is 1.93. The van der Waals surface area contributed by atoms with E-state index < -0.39 is 0 Å². The van der Waals surface area contributed by atoms with E-state index in [1.807, 2.05) is 36.4 Å². The van der Waals surface area contributed by atoms with E-state index >= 15 is 0 Å². The molecule has 2 aromatic rings. The lowest BCUT2D eigenvalue weighted by molar-refractivity contribution is 0.101. The fourth-order valence-electron chi connectivity index (χ4n) is 3.04. The van der Waals surface area contributed by atoms with Crippen LogP contribution in [0.1, 0.15) is 34.0 Å². The number of hydrogen-bond acceptors (Lipinski definition) is 6. The second kappa shape index (κ2) is 8.39. The van der Waals surface area contributed by atoms with Crippen molar-refractivity contribution in [2.75, 3.05) is 13.1 Å². The van der Waals surface area contributed by atoms with Gasteiger partial charge in [-0.2, -0.15) is 10.5 Å². The SMILES string of the molecule is CCc1ccc(/C=C2\Oc3c(ccc(O)c3CN(CC#N)CC#N)C2=O)cc1. The third-order valence-corrected chi connectivity index (χ3v) is 4.57. The van der Waals surface area contributed by atoms with Gasteiger partial charge in [-0.3, -0.25) is 9.69 Å². The normalized spacial score (nSPS) is 13.9. The standard InChI is InChI=1S/C22H19N3O3/c1-2-15-3-5-16(6-4-15)13-20-21(27)17-7-8-19(26)18(22(17)28-20)14-25(11-9-23)12-10-24/h3-8,13,26H,2,11-12,14H2,1H3/b20-13-. The molecule has 2 aromatic carbocycles. The van der Waals surface area contributed by atoms with Gasteiger partial charge >= 0.3 is 0 Å².